The maximum absolute atomic E-state index is 12.1. The molecule has 0 aromatic carbocycles. The van der Waals surface area contributed by atoms with Gasteiger partial charge >= 0.3 is 6.09 Å². The largest absolute Gasteiger partial charge is 0.444 e. The molecule has 1 aliphatic rings. The minimum absolute atomic E-state index is 0.104. The summed E-state index contributed by atoms with van der Waals surface area (Å²) in [5, 5.41) is 6.63. The molecule has 1 amide bonds. The number of hydrogen-bond donors (Lipinski definition) is 2. The van der Waals surface area contributed by atoms with Crippen molar-refractivity contribution in [3.8, 4) is 0 Å². The first-order valence-electron chi connectivity index (χ1n) is 8.54. The number of hydrogen-bond acceptors (Lipinski definition) is 4. The number of amides is 1. The summed E-state index contributed by atoms with van der Waals surface area (Å²) < 4.78 is 7.42. The van der Waals surface area contributed by atoms with Crippen molar-refractivity contribution in [2.45, 2.75) is 77.1 Å². The van der Waals surface area contributed by atoms with Crippen LogP contribution in [0, 0.1) is 0 Å². The summed E-state index contributed by atoms with van der Waals surface area (Å²) in [7, 11) is 1.99. The summed E-state index contributed by atoms with van der Waals surface area (Å²) in [5.74, 6) is 1.00. The molecule has 0 bridgehead atoms. The van der Waals surface area contributed by atoms with Crippen LogP contribution >= 0.6 is 0 Å². The van der Waals surface area contributed by atoms with Crippen LogP contribution in [0.4, 0.5) is 4.79 Å². The number of carbonyl (C=O) groups excluding carboxylic acids is 1. The predicted molar refractivity (Wildman–Crippen MR) is 90.1 cm³/mol. The Morgan fingerprint density at radius 2 is 2.00 bits per heavy atom. The number of nitrogens with zero attached hydrogens (tertiary/aromatic N) is 2. The molecule has 1 heterocycles. The summed E-state index contributed by atoms with van der Waals surface area (Å²) in [4.78, 5) is 16.4. The lowest BCUT2D eigenvalue weighted by Crippen LogP contribution is -2.50. The van der Waals surface area contributed by atoms with Crippen LogP contribution in [0.15, 0.2) is 12.4 Å². The highest BCUT2D eigenvalue weighted by Crippen LogP contribution is 2.19. The van der Waals surface area contributed by atoms with E-state index in [4.69, 9.17) is 4.74 Å². The second-order valence-corrected chi connectivity index (χ2v) is 7.33. The highest BCUT2D eigenvalue weighted by Gasteiger charge is 2.27. The normalized spacial score (nSPS) is 22.4. The van der Waals surface area contributed by atoms with E-state index in [1.807, 2.05) is 38.6 Å². The van der Waals surface area contributed by atoms with Gasteiger partial charge in [-0.15, -0.1) is 0 Å². The van der Waals surface area contributed by atoms with Gasteiger partial charge in [-0.3, -0.25) is 0 Å². The average molecular weight is 322 g/mol. The predicted octanol–water partition coefficient (Wildman–Crippen LogP) is 2.74. The highest BCUT2D eigenvalue weighted by molar-refractivity contribution is 5.68. The molecule has 23 heavy (non-hydrogen) atoms. The fraction of sp³-hybridized carbons (Fsp3) is 0.765. The van der Waals surface area contributed by atoms with E-state index in [2.05, 4.69) is 15.6 Å². The summed E-state index contributed by atoms with van der Waals surface area (Å²) >= 11 is 0. The lowest BCUT2D eigenvalue weighted by molar-refractivity contribution is 0.0489. The Bertz CT molecular complexity index is 507. The molecule has 6 heteroatoms. The van der Waals surface area contributed by atoms with Crippen LogP contribution < -0.4 is 10.6 Å². The van der Waals surface area contributed by atoms with E-state index in [9.17, 15) is 4.79 Å². The third-order valence-electron chi connectivity index (χ3n) is 4.16. The van der Waals surface area contributed by atoms with E-state index < -0.39 is 5.60 Å². The van der Waals surface area contributed by atoms with E-state index in [1.165, 1.54) is 12.8 Å². The summed E-state index contributed by atoms with van der Waals surface area (Å²) in [6, 6.07) is 0.356. The Morgan fingerprint density at radius 1 is 1.30 bits per heavy atom. The number of carbonyl (C=O) groups is 1. The van der Waals surface area contributed by atoms with Gasteiger partial charge < -0.3 is 19.9 Å². The quantitative estimate of drug-likeness (QED) is 0.836. The number of aryl methyl sites for hydroxylation is 1. The van der Waals surface area contributed by atoms with Crippen molar-refractivity contribution < 1.29 is 9.53 Å². The number of alkyl carbamates (subject to hydrolysis) is 1. The van der Waals surface area contributed by atoms with Crippen LogP contribution in [-0.4, -0.2) is 33.3 Å². The molecule has 1 aromatic heterocycles. The van der Waals surface area contributed by atoms with Gasteiger partial charge in [-0.2, -0.15) is 0 Å². The van der Waals surface area contributed by atoms with Crippen molar-refractivity contribution in [3.05, 3.63) is 18.2 Å². The van der Waals surface area contributed by atoms with Gasteiger partial charge in [0.2, 0.25) is 0 Å². The fourth-order valence-electron chi connectivity index (χ4n) is 2.97. The highest BCUT2D eigenvalue weighted by atomic mass is 16.6. The van der Waals surface area contributed by atoms with Gasteiger partial charge in [0.1, 0.15) is 11.4 Å². The molecule has 130 valence electrons. The van der Waals surface area contributed by atoms with Crippen molar-refractivity contribution >= 4 is 6.09 Å². The molecular weight excluding hydrogens is 292 g/mol. The standard InChI is InChI=1S/C17H30N4O2/c1-17(2,3)23-16(22)20-14-9-7-5-6-8-13(14)19-12-15-18-10-11-21(15)4/h10-11,13-14,19H,5-9,12H2,1-4H3,(H,20,22). The second kappa shape index (κ2) is 7.81. The van der Waals surface area contributed by atoms with E-state index >= 15 is 0 Å². The van der Waals surface area contributed by atoms with Crippen molar-refractivity contribution in [2.24, 2.45) is 7.05 Å². The molecule has 6 nitrogen and oxygen atoms in total. The van der Waals surface area contributed by atoms with Gasteiger partial charge in [-0.25, -0.2) is 9.78 Å². The monoisotopic (exact) mass is 322 g/mol. The molecule has 1 aromatic rings. The van der Waals surface area contributed by atoms with Crippen molar-refractivity contribution in [2.75, 3.05) is 0 Å². The molecule has 2 rings (SSSR count). The van der Waals surface area contributed by atoms with E-state index in [-0.39, 0.29) is 18.2 Å². The molecule has 2 atom stereocenters. The molecule has 0 aliphatic heterocycles. The zero-order chi connectivity index (χ0) is 16.9. The Hall–Kier alpha value is -1.56. The second-order valence-electron chi connectivity index (χ2n) is 7.33. The number of aromatic nitrogens is 2. The lowest BCUT2D eigenvalue weighted by Gasteiger charge is -2.28. The van der Waals surface area contributed by atoms with Crippen molar-refractivity contribution in [3.63, 3.8) is 0 Å². The minimum atomic E-state index is -0.468. The van der Waals surface area contributed by atoms with Crippen LogP contribution in [0.2, 0.25) is 0 Å². The van der Waals surface area contributed by atoms with Gasteiger partial charge in [-0.1, -0.05) is 19.3 Å². The molecule has 2 unspecified atom stereocenters. The van der Waals surface area contributed by atoms with Crippen LogP contribution in [-0.2, 0) is 18.3 Å². The minimum Gasteiger partial charge on any atom is -0.444 e. The number of ether oxygens (including phenoxy) is 1. The van der Waals surface area contributed by atoms with Gasteiger partial charge in [0.15, 0.2) is 0 Å². The summed E-state index contributed by atoms with van der Waals surface area (Å²) in [5.41, 5.74) is -0.468. The Morgan fingerprint density at radius 3 is 2.61 bits per heavy atom. The maximum Gasteiger partial charge on any atom is 0.407 e. The van der Waals surface area contributed by atoms with Crippen LogP contribution in [0.3, 0.4) is 0 Å². The zero-order valence-corrected chi connectivity index (χ0v) is 14.8. The third-order valence-corrected chi connectivity index (χ3v) is 4.16. The molecule has 0 spiro atoms. The SMILES string of the molecule is Cn1ccnc1CNC1CCCCCC1NC(=O)OC(C)(C)C. The Balaban J connectivity index is 1.93. The smallest absolute Gasteiger partial charge is 0.407 e. The maximum atomic E-state index is 12.1. The van der Waals surface area contributed by atoms with Crippen LogP contribution in [0.5, 0.6) is 0 Å². The Kier molecular flexibility index (Phi) is 6.04. The van der Waals surface area contributed by atoms with E-state index in [1.54, 1.807) is 6.20 Å². The van der Waals surface area contributed by atoms with Gasteiger partial charge in [0.05, 0.1) is 6.54 Å². The number of rotatable bonds is 4. The molecule has 2 N–H and O–H groups in total. The summed E-state index contributed by atoms with van der Waals surface area (Å²) in [6.07, 6.45) is 9.01. The molecule has 1 saturated carbocycles. The lowest BCUT2D eigenvalue weighted by atomic mass is 10.0. The van der Waals surface area contributed by atoms with Crippen molar-refractivity contribution in [1.29, 1.82) is 0 Å². The average Bonchev–Trinajstić information content (AvgIpc) is 2.71. The first-order chi connectivity index (χ1) is 10.8. The van der Waals surface area contributed by atoms with Crippen molar-refractivity contribution in [1.82, 2.24) is 20.2 Å². The first-order valence-corrected chi connectivity index (χ1v) is 8.54. The van der Waals surface area contributed by atoms with Crippen LogP contribution in [0.25, 0.3) is 0 Å². The molecule has 1 fully saturated rings. The Labute approximate surface area is 139 Å². The fourth-order valence-corrected chi connectivity index (χ4v) is 2.97. The van der Waals surface area contributed by atoms with E-state index in [0.29, 0.717) is 6.54 Å². The zero-order valence-electron chi connectivity index (χ0n) is 14.8. The van der Waals surface area contributed by atoms with Crippen LogP contribution in [0.1, 0.15) is 58.7 Å². The number of nitrogens with one attached hydrogen (secondary N) is 2. The molecular formula is C17H30N4O2. The molecule has 0 saturated heterocycles. The molecule has 1 aliphatic carbocycles. The summed E-state index contributed by atoms with van der Waals surface area (Å²) in [6.45, 7) is 6.37. The topological polar surface area (TPSA) is 68.2 Å². The third kappa shape index (κ3) is 5.86. The number of imidazole rings is 1. The van der Waals surface area contributed by atoms with Gasteiger partial charge in [0, 0.05) is 31.5 Å². The molecule has 0 radical (unpaired) electrons. The van der Waals surface area contributed by atoms with E-state index in [0.717, 1.165) is 25.1 Å². The van der Waals surface area contributed by atoms with Gasteiger partial charge in [0.25, 0.3) is 0 Å². The first kappa shape index (κ1) is 17.8. The van der Waals surface area contributed by atoms with Gasteiger partial charge in [-0.05, 0) is 33.6 Å².